The van der Waals surface area contributed by atoms with Gasteiger partial charge in [-0.1, -0.05) is 51.1 Å². The highest BCUT2D eigenvalue weighted by molar-refractivity contribution is 6.00. The molecule has 3 amide bonds. The van der Waals surface area contributed by atoms with Crippen molar-refractivity contribution in [2.75, 3.05) is 5.32 Å². The third-order valence-corrected chi connectivity index (χ3v) is 6.90. The number of aryl methyl sites for hydroxylation is 2. The molecule has 8 heteroatoms. The summed E-state index contributed by atoms with van der Waals surface area (Å²) in [6.45, 7) is 18.8. The van der Waals surface area contributed by atoms with Gasteiger partial charge in [0.15, 0.2) is 0 Å². The number of hydrogen-bond acceptors (Lipinski definition) is 5. The zero-order chi connectivity index (χ0) is 30.4. The standard InChI is InChI=1S/C32H47N3O5/c1-11-32(9,10)35(29(38)25(19-20(2)3)33-30(39)40-31(6,7)8)27(23-15-17-24(36)18-16-23)28(37)34-26-21(4)13-12-14-22(26)5/h12-18,20,25,27,36H,11,19H2,1-10H3,(H,33,39)(H,34,37). The fourth-order valence-electron chi connectivity index (χ4n) is 4.53. The molecule has 3 N–H and O–H groups in total. The number of anilines is 1. The molecule has 0 radical (unpaired) electrons. The molecule has 2 atom stereocenters. The zero-order valence-corrected chi connectivity index (χ0v) is 25.7. The molecular formula is C32H47N3O5. The Labute approximate surface area is 239 Å². The van der Waals surface area contributed by atoms with Gasteiger partial charge < -0.3 is 25.4 Å². The SMILES string of the molecule is CCC(C)(C)N(C(=O)C(CC(C)C)NC(=O)OC(C)(C)C)C(C(=O)Nc1c(C)cccc1C)c1ccc(O)cc1. The predicted octanol–water partition coefficient (Wildman–Crippen LogP) is 6.65. The Balaban J connectivity index is 2.67. The van der Waals surface area contributed by atoms with Crippen molar-refractivity contribution >= 4 is 23.6 Å². The summed E-state index contributed by atoms with van der Waals surface area (Å²) in [6.07, 6.45) is 0.210. The van der Waals surface area contributed by atoms with Crippen molar-refractivity contribution in [1.29, 1.82) is 0 Å². The monoisotopic (exact) mass is 553 g/mol. The van der Waals surface area contributed by atoms with Crippen LogP contribution in [0.3, 0.4) is 0 Å². The first kappa shape index (κ1) is 32.7. The van der Waals surface area contributed by atoms with Gasteiger partial charge in [-0.25, -0.2) is 4.79 Å². The maximum absolute atomic E-state index is 14.5. The van der Waals surface area contributed by atoms with E-state index in [4.69, 9.17) is 4.74 Å². The summed E-state index contributed by atoms with van der Waals surface area (Å²) in [5.41, 5.74) is 1.50. The molecular weight excluding hydrogens is 506 g/mol. The molecule has 0 bridgehead atoms. The average Bonchev–Trinajstić information content (AvgIpc) is 2.83. The van der Waals surface area contributed by atoms with Crippen molar-refractivity contribution in [3.8, 4) is 5.75 Å². The van der Waals surface area contributed by atoms with Gasteiger partial charge in [0.1, 0.15) is 23.4 Å². The first-order valence-corrected chi connectivity index (χ1v) is 14.0. The second-order valence-corrected chi connectivity index (χ2v) is 12.5. The number of nitrogens with one attached hydrogen (secondary N) is 2. The molecule has 0 spiro atoms. The number of hydrogen-bond donors (Lipinski definition) is 3. The number of phenols is 1. The molecule has 0 saturated heterocycles. The summed E-state index contributed by atoms with van der Waals surface area (Å²) in [5.74, 6) is -0.653. The Hall–Kier alpha value is -3.55. The van der Waals surface area contributed by atoms with E-state index < -0.39 is 35.2 Å². The van der Waals surface area contributed by atoms with Crippen LogP contribution in [0.2, 0.25) is 0 Å². The number of aromatic hydroxyl groups is 1. The van der Waals surface area contributed by atoms with Gasteiger partial charge in [0.25, 0.3) is 5.91 Å². The van der Waals surface area contributed by atoms with Gasteiger partial charge in [-0.2, -0.15) is 0 Å². The number of phenolic OH excluding ortho intramolecular Hbond substituents is 1. The highest BCUT2D eigenvalue weighted by Crippen LogP contribution is 2.35. The van der Waals surface area contributed by atoms with Crippen LogP contribution in [0, 0.1) is 19.8 Å². The lowest BCUT2D eigenvalue weighted by atomic mass is 9.90. The summed E-state index contributed by atoms with van der Waals surface area (Å²) in [6, 6.07) is 10.1. The molecule has 0 aromatic heterocycles. The fraction of sp³-hybridized carbons (Fsp3) is 0.531. The van der Waals surface area contributed by atoms with Crippen molar-refractivity contribution in [1.82, 2.24) is 10.2 Å². The lowest BCUT2D eigenvalue weighted by Gasteiger charge is -2.45. The molecule has 0 saturated carbocycles. The molecule has 8 nitrogen and oxygen atoms in total. The van der Waals surface area contributed by atoms with Crippen LogP contribution in [-0.4, -0.2) is 45.1 Å². The van der Waals surface area contributed by atoms with Gasteiger partial charge in [0, 0.05) is 11.2 Å². The van der Waals surface area contributed by atoms with E-state index in [0.29, 0.717) is 24.1 Å². The third kappa shape index (κ3) is 8.73. The van der Waals surface area contributed by atoms with E-state index in [-0.39, 0.29) is 17.6 Å². The second-order valence-electron chi connectivity index (χ2n) is 12.5. The predicted molar refractivity (Wildman–Crippen MR) is 159 cm³/mol. The van der Waals surface area contributed by atoms with Gasteiger partial charge in [-0.15, -0.1) is 0 Å². The number of benzene rings is 2. The van der Waals surface area contributed by atoms with Gasteiger partial charge in [0.2, 0.25) is 5.91 Å². The van der Waals surface area contributed by atoms with E-state index in [1.54, 1.807) is 37.8 Å². The van der Waals surface area contributed by atoms with Crippen molar-refractivity contribution in [2.24, 2.45) is 5.92 Å². The lowest BCUT2D eigenvalue weighted by Crippen LogP contribution is -2.59. The first-order valence-electron chi connectivity index (χ1n) is 14.0. The van der Waals surface area contributed by atoms with Gasteiger partial charge in [-0.05, 0) is 96.0 Å². The molecule has 2 rings (SSSR count). The first-order chi connectivity index (χ1) is 18.5. The Morgan fingerprint density at radius 3 is 1.98 bits per heavy atom. The van der Waals surface area contributed by atoms with Crippen molar-refractivity contribution in [3.05, 3.63) is 59.2 Å². The van der Waals surface area contributed by atoms with E-state index >= 15 is 0 Å². The molecule has 0 aliphatic rings. The van der Waals surface area contributed by atoms with Gasteiger partial charge in [0.05, 0.1) is 0 Å². The van der Waals surface area contributed by atoms with Crippen LogP contribution in [0.25, 0.3) is 0 Å². The topological polar surface area (TPSA) is 108 Å². The minimum absolute atomic E-state index is 0.0505. The van der Waals surface area contributed by atoms with Crippen molar-refractivity contribution < 1.29 is 24.2 Å². The summed E-state index contributed by atoms with van der Waals surface area (Å²) < 4.78 is 5.47. The number of nitrogens with zero attached hydrogens (tertiary/aromatic N) is 1. The number of amides is 3. The van der Waals surface area contributed by atoms with Crippen molar-refractivity contribution in [2.45, 2.75) is 105 Å². The minimum atomic E-state index is -1.04. The Kier molecular flexibility index (Phi) is 10.8. The van der Waals surface area contributed by atoms with Crippen LogP contribution >= 0.6 is 0 Å². The summed E-state index contributed by atoms with van der Waals surface area (Å²) in [7, 11) is 0. The number of para-hydroxylation sites is 1. The molecule has 220 valence electrons. The quantitative estimate of drug-likeness (QED) is 0.305. The van der Waals surface area contributed by atoms with Crippen LogP contribution in [0.15, 0.2) is 42.5 Å². The van der Waals surface area contributed by atoms with Crippen LogP contribution in [0.5, 0.6) is 5.75 Å². The highest BCUT2D eigenvalue weighted by Gasteiger charge is 2.43. The minimum Gasteiger partial charge on any atom is -0.508 e. The second kappa shape index (κ2) is 13.2. The Morgan fingerprint density at radius 2 is 1.50 bits per heavy atom. The smallest absolute Gasteiger partial charge is 0.408 e. The van der Waals surface area contributed by atoms with Gasteiger partial charge >= 0.3 is 6.09 Å². The van der Waals surface area contributed by atoms with E-state index in [2.05, 4.69) is 10.6 Å². The van der Waals surface area contributed by atoms with Crippen LogP contribution in [-0.2, 0) is 14.3 Å². The normalized spacial score (nSPS) is 13.4. The number of alkyl carbamates (subject to hydrolysis) is 1. The Bertz CT molecular complexity index is 1160. The zero-order valence-electron chi connectivity index (χ0n) is 25.7. The Morgan fingerprint density at radius 1 is 0.950 bits per heavy atom. The molecule has 2 aromatic rings. The molecule has 0 heterocycles. The number of ether oxygens (including phenoxy) is 1. The van der Waals surface area contributed by atoms with Crippen LogP contribution < -0.4 is 10.6 Å². The van der Waals surface area contributed by atoms with Crippen LogP contribution in [0.1, 0.15) is 91.0 Å². The third-order valence-electron chi connectivity index (χ3n) is 6.90. The van der Waals surface area contributed by atoms with E-state index in [1.165, 1.54) is 12.1 Å². The average molecular weight is 554 g/mol. The molecule has 40 heavy (non-hydrogen) atoms. The van der Waals surface area contributed by atoms with E-state index in [1.807, 2.05) is 66.7 Å². The van der Waals surface area contributed by atoms with E-state index in [9.17, 15) is 19.5 Å². The van der Waals surface area contributed by atoms with E-state index in [0.717, 1.165) is 11.1 Å². The maximum atomic E-state index is 14.5. The van der Waals surface area contributed by atoms with Crippen LogP contribution in [0.4, 0.5) is 10.5 Å². The largest absolute Gasteiger partial charge is 0.508 e. The number of carbonyl (C=O) groups excluding carboxylic acids is 3. The van der Waals surface area contributed by atoms with Crippen molar-refractivity contribution in [3.63, 3.8) is 0 Å². The molecule has 0 aliphatic heterocycles. The number of rotatable bonds is 10. The molecule has 2 unspecified atom stereocenters. The number of carbonyl (C=O) groups is 3. The summed E-state index contributed by atoms with van der Waals surface area (Å²) in [5, 5.41) is 15.8. The summed E-state index contributed by atoms with van der Waals surface area (Å²) in [4.78, 5) is 43.1. The highest BCUT2D eigenvalue weighted by atomic mass is 16.6. The summed E-state index contributed by atoms with van der Waals surface area (Å²) >= 11 is 0. The fourth-order valence-corrected chi connectivity index (χ4v) is 4.53. The lowest BCUT2D eigenvalue weighted by molar-refractivity contribution is -0.148. The molecule has 2 aromatic carbocycles. The van der Waals surface area contributed by atoms with Gasteiger partial charge in [-0.3, -0.25) is 9.59 Å². The molecule has 0 fully saturated rings. The molecule has 0 aliphatic carbocycles. The maximum Gasteiger partial charge on any atom is 0.408 e.